The van der Waals surface area contributed by atoms with Gasteiger partial charge in [0, 0.05) is 24.5 Å². The first kappa shape index (κ1) is 33.4. The Bertz CT molecular complexity index is 803. The second-order valence-electron chi connectivity index (χ2n) is 8.80. The first-order chi connectivity index (χ1) is 18.5. The second kappa shape index (κ2) is 22.4. The summed E-state index contributed by atoms with van der Waals surface area (Å²) < 4.78 is 10.8. The molecule has 2 aromatic carbocycles. The molecule has 0 bridgehead atoms. The Hall–Kier alpha value is -2.58. The van der Waals surface area contributed by atoms with Crippen molar-refractivity contribution < 1.29 is 9.47 Å². The molecular formula is C30H48N4O2S2. The van der Waals surface area contributed by atoms with Crippen LogP contribution in [0.2, 0.25) is 0 Å². The van der Waals surface area contributed by atoms with Gasteiger partial charge in [0.2, 0.25) is 0 Å². The molecule has 2 aromatic rings. The maximum absolute atomic E-state index is 5.39. The van der Waals surface area contributed by atoms with Crippen LogP contribution in [0.3, 0.4) is 0 Å². The van der Waals surface area contributed by atoms with Gasteiger partial charge in [-0.2, -0.15) is 0 Å². The van der Waals surface area contributed by atoms with Crippen LogP contribution in [-0.2, 0) is 0 Å². The van der Waals surface area contributed by atoms with Crippen LogP contribution in [0, 0.1) is 0 Å². The fourth-order valence-electron chi connectivity index (χ4n) is 3.46. The van der Waals surface area contributed by atoms with Crippen LogP contribution in [-0.4, -0.2) is 36.5 Å². The highest BCUT2D eigenvalue weighted by molar-refractivity contribution is 7.80. The zero-order chi connectivity index (χ0) is 27.8. The predicted octanol–water partition coefficient (Wildman–Crippen LogP) is 7.90. The number of anilines is 2. The fraction of sp³-hybridized carbons (Fsp3) is 0.533. The van der Waals surface area contributed by atoms with Crippen molar-refractivity contribution >= 4 is 46.0 Å². The quantitative estimate of drug-likeness (QED) is 0.122. The number of benzene rings is 2. The molecule has 212 valence electrons. The third-order valence-electron chi connectivity index (χ3n) is 5.48. The van der Waals surface area contributed by atoms with E-state index in [-0.39, 0.29) is 0 Å². The maximum atomic E-state index is 5.39. The van der Waals surface area contributed by atoms with Crippen LogP contribution in [0.1, 0.15) is 79.1 Å². The lowest BCUT2D eigenvalue weighted by Gasteiger charge is -2.11. The van der Waals surface area contributed by atoms with Crippen molar-refractivity contribution in [2.24, 2.45) is 0 Å². The van der Waals surface area contributed by atoms with Gasteiger partial charge in [-0.1, -0.05) is 52.4 Å². The molecule has 4 N–H and O–H groups in total. The lowest BCUT2D eigenvalue weighted by atomic mass is 10.2. The molecule has 0 radical (unpaired) electrons. The van der Waals surface area contributed by atoms with Crippen molar-refractivity contribution in [3.8, 4) is 11.5 Å². The summed E-state index contributed by atoms with van der Waals surface area (Å²) in [6.45, 7) is 11.6. The van der Waals surface area contributed by atoms with Gasteiger partial charge in [-0.15, -0.1) is 0 Å². The minimum Gasteiger partial charge on any atom is -0.494 e. The number of rotatable bonds is 16. The molecule has 0 saturated carbocycles. The van der Waals surface area contributed by atoms with E-state index in [1.807, 2.05) is 62.4 Å². The molecule has 0 atom stereocenters. The van der Waals surface area contributed by atoms with Crippen LogP contribution in [0.5, 0.6) is 11.5 Å². The van der Waals surface area contributed by atoms with E-state index in [1.54, 1.807) is 0 Å². The minimum absolute atomic E-state index is 0.681. The van der Waals surface area contributed by atoms with E-state index in [9.17, 15) is 0 Å². The molecule has 0 spiro atoms. The highest BCUT2D eigenvalue weighted by atomic mass is 32.1. The van der Waals surface area contributed by atoms with Gasteiger partial charge in [0.1, 0.15) is 11.5 Å². The molecule has 0 amide bonds. The van der Waals surface area contributed by atoms with Gasteiger partial charge in [0.05, 0.1) is 13.2 Å². The van der Waals surface area contributed by atoms with Crippen LogP contribution in [0.25, 0.3) is 0 Å². The van der Waals surface area contributed by atoms with Gasteiger partial charge < -0.3 is 30.7 Å². The highest BCUT2D eigenvalue weighted by Crippen LogP contribution is 2.16. The minimum atomic E-state index is 0.681. The monoisotopic (exact) mass is 560 g/mol. The van der Waals surface area contributed by atoms with Crippen molar-refractivity contribution in [3.05, 3.63) is 48.5 Å². The van der Waals surface area contributed by atoms with Gasteiger partial charge >= 0.3 is 0 Å². The van der Waals surface area contributed by atoms with Crippen LogP contribution in [0.4, 0.5) is 11.4 Å². The second-order valence-corrected chi connectivity index (χ2v) is 9.61. The normalized spacial score (nSPS) is 10.0. The number of thiocarbonyl (C=S) groups is 2. The summed E-state index contributed by atoms with van der Waals surface area (Å²) in [5, 5.41) is 14.1. The Morgan fingerprint density at radius 2 is 0.921 bits per heavy atom. The van der Waals surface area contributed by atoms with E-state index in [0.29, 0.717) is 23.4 Å². The first-order valence-electron chi connectivity index (χ1n) is 14.1. The molecule has 0 heterocycles. The molecule has 0 aliphatic rings. The topological polar surface area (TPSA) is 66.6 Å². The first-order valence-corrected chi connectivity index (χ1v) is 14.9. The summed E-state index contributed by atoms with van der Waals surface area (Å²) in [4.78, 5) is 0. The standard InChI is InChI=1S/2C15H24N2OS/c2*1-3-5-6-7-12-16-15(19)17-13-8-10-14(11-9-13)18-4-2/h2*8-11H,3-7,12H2,1-2H3,(H2,16,17,19). The molecule has 6 nitrogen and oxygen atoms in total. The van der Waals surface area contributed by atoms with Crippen molar-refractivity contribution in [3.63, 3.8) is 0 Å². The Morgan fingerprint density at radius 3 is 1.24 bits per heavy atom. The fourth-order valence-corrected chi connectivity index (χ4v) is 3.90. The van der Waals surface area contributed by atoms with E-state index < -0.39 is 0 Å². The number of ether oxygens (including phenoxy) is 2. The van der Waals surface area contributed by atoms with Gasteiger partial charge in [0.15, 0.2) is 10.2 Å². The number of hydrogen-bond acceptors (Lipinski definition) is 4. The van der Waals surface area contributed by atoms with Crippen LogP contribution in [0.15, 0.2) is 48.5 Å². The average Bonchev–Trinajstić information content (AvgIpc) is 2.91. The highest BCUT2D eigenvalue weighted by Gasteiger charge is 1.99. The van der Waals surface area contributed by atoms with Crippen molar-refractivity contribution in [2.75, 3.05) is 36.9 Å². The largest absolute Gasteiger partial charge is 0.494 e. The molecule has 0 aromatic heterocycles. The van der Waals surface area contributed by atoms with E-state index in [2.05, 4.69) is 35.1 Å². The Kier molecular flexibility index (Phi) is 19.7. The Balaban J connectivity index is 0.000000380. The summed E-state index contributed by atoms with van der Waals surface area (Å²) >= 11 is 10.5. The molecular weight excluding hydrogens is 512 g/mol. The molecule has 0 aliphatic carbocycles. The van der Waals surface area contributed by atoms with Crippen molar-refractivity contribution in [1.82, 2.24) is 10.6 Å². The average molecular weight is 561 g/mol. The zero-order valence-electron chi connectivity index (χ0n) is 23.7. The van der Waals surface area contributed by atoms with Gasteiger partial charge in [-0.25, -0.2) is 0 Å². The molecule has 8 heteroatoms. The lowest BCUT2D eigenvalue weighted by Crippen LogP contribution is -2.29. The van der Waals surface area contributed by atoms with E-state index >= 15 is 0 Å². The Labute approximate surface area is 241 Å². The predicted molar refractivity (Wildman–Crippen MR) is 172 cm³/mol. The molecule has 2 rings (SSSR count). The van der Waals surface area contributed by atoms with Crippen molar-refractivity contribution in [1.29, 1.82) is 0 Å². The summed E-state index contributed by atoms with van der Waals surface area (Å²) in [6.07, 6.45) is 9.95. The number of nitrogens with one attached hydrogen (secondary N) is 4. The van der Waals surface area contributed by atoms with Gasteiger partial charge in [-0.05, 0) is 99.7 Å². The van der Waals surface area contributed by atoms with E-state index in [0.717, 1.165) is 36.0 Å². The van der Waals surface area contributed by atoms with Crippen molar-refractivity contribution in [2.45, 2.75) is 79.1 Å². The number of hydrogen-bond donors (Lipinski definition) is 4. The summed E-state index contributed by atoms with van der Waals surface area (Å²) in [6, 6.07) is 15.6. The smallest absolute Gasteiger partial charge is 0.170 e. The molecule has 0 unspecified atom stereocenters. The summed E-state index contributed by atoms with van der Waals surface area (Å²) in [5.41, 5.74) is 1.96. The molecule has 0 aliphatic heterocycles. The molecule has 38 heavy (non-hydrogen) atoms. The number of unbranched alkanes of at least 4 members (excludes halogenated alkanes) is 6. The van der Waals surface area contributed by atoms with E-state index in [4.69, 9.17) is 33.9 Å². The SMILES string of the molecule is CCCCCCNC(=S)Nc1ccc(OCC)cc1.CCCCCCNC(=S)Nc1ccc(OCC)cc1. The molecule has 0 fully saturated rings. The maximum Gasteiger partial charge on any atom is 0.170 e. The molecule has 0 saturated heterocycles. The Morgan fingerprint density at radius 1 is 0.553 bits per heavy atom. The summed E-state index contributed by atoms with van der Waals surface area (Å²) in [7, 11) is 0. The third kappa shape index (κ3) is 17.0. The summed E-state index contributed by atoms with van der Waals surface area (Å²) in [5.74, 6) is 1.76. The van der Waals surface area contributed by atoms with Gasteiger partial charge in [0.25, 0.3) is 0 Å². The lowest BCUT2D eigenvalue weighted by molar-refractivity contribution is 0.340. The van der Waals surface area contributed by atoms with Crippen LogP contribution < -0.4 is 30.7 Å². The van der Waals surface area contributed by atoms with Crippen LogP contribution >= 0.6 is 24.4 Å². The van der Waals surface area contributed by atoms with Gasteiger partial charge in [-0.3, -0.25) is 0 Å². The third-order valence-corrected chi connectivity index (χ3v) is 5.97. The zero-order valence-corrected chi connectivity index (χ0v) is 25.4. The van der Waals surface area contributed by atoms with E-state index in [1.165, 1.54) is 51.4 Å².